The van der Waals surface area contributed by atoms with Gasteiger partial charge in [0.25, 0.3) is 0 Å². The zero-order chi connectivity index (χ0) is 7.03. The van der Waals surface area contributed by atoms with Crippen molar-refractivity contribution in [2.75, 3.05) is 13.2 Å². The third kappa shape index (κ3) is 0.661. The summed E-state index contributed by atoms with van der Waals surface area (Å²) in [7, 11) is 0. The minimum absolute atomic E-state index is 0.359. The summed E-state index contributed by atoms with van der Waals surface area (Å²) in [4.78, 5) is 6.70. The summed E-state index contributed by atoms with van der Waals surface area (Å²) in [6, 6.07) is 0. The van der Waals surface area contributed by atoms with Crippen LogP contribution in [-0.2, 0) is 10.3 Å². The van der Waals surface area contributed by atoms with Gasteiger partial charge >= 0.3 is 0 Å². The molecule has 1 saturated heterocycles. The first-order chi connectivity index (χ1) is 4.81. The van der Waals surface area contributed by atoms with Crippen molar-refractivity contribution < 1.29 is 9.84 Å². The molecule has 1 aliphatic heterocycles. The number of aliphatic hydroxyl groups is 1. The first-order valence-corrected chi connectivity index (χ1v) is 3.11. The number of hydrogen-bond acceptors (Lipinski definition) is 3. The Bertz CT molecular complexity index is 216. The number of rotatable bonds is 1. The fourth-order valence-electron chi connectivity index (χ4n) is 0.958. The number of H-pyrrole nitrogens is 1. The van der Waals surface area contributed by atoms with Gasteiger partial charge in [-0.15, -0.1) is 0 Å². The van der Waals surface area contributed by atoms with Gasteiger partial charge in [0.15, 0.2) is 5.60 Å². The molecule has 1 aromatic rings. The molecule has 2 rings (SSSR count). The van der Waals surface area contributed by atoms with Gasteiger partial charge in [0.2, 0.25) is 0 Å². The summed E-state index contributed by atoms with van der Waals surface area (Å²) < 4.78 is 4.86. The van der Waals surface area contributed by atoms with Gasteiger partial charge in [0, 0.05) is 6.20 Å². The minimum Gasteiger partial charge on any atom is -0.379 e. The molecule has 0 bridgehead atoms. The normalized spacial score (nSPS) is 22.1. The van der Waals surface area contributed by atoms with E-state index in [2.05, 4.69) is 9.97 Å². The number of ether oxygens (including phenoxy) is 1. The molecule has 54 valence electrons. The Labute approximate surface area is 57.9 Å². The van der Waals surface area contributed by atoms with Gasteiger partial charge in [-0.05, 0) is 0 Å². The molecule has 2 N–H and O–H groups in total. The lowest BCUT2D eigenvalue weighted by atomic mass is 9.99. The van der Waals surface area contributed by atoms with Gasteiger partial charge in [-0.1, -0.05) is 0 Å². The number of nitrogens with zero attached hydrogens (tertiary/aromatic N) is 1. The van der Waals surface area contributed by atoms with E-state index in [9.17, 15) is 5.11 Å². The molecule has 4 nitrogen and oxygen atoms in total. The van der Waals surface area contributed by atoms with Gasteiger partial charge in [-0.2, -0.15) is 0 Å². The lowest BCUT2D eigenvalue weighted by Gasteiger charge is -2.34. The highest BCUT2D eigenvalue weighted by Gasteiger charge is 2.39. The molecule has 0 radical (unpaired) electrons. The maximum atomic E-state index is 9.56. The zero-order valence-corrected chi connectivity index (χ0v) is 5.37. The highest BCUT2D eigenvalue weighted by Crippen LogP contribution is 2.26. The van der Waals surface area contributed by atoms with Crippen LogP contribution in [0.2, 0.25) is 0 Å². The molecule has 10 heavy (non-hydrogen) atoms. The van der Waals surface area contributed by atoms with Crippen LogP contribution in [0.3, 0.4) is 0 Å². The molecule has 1 aliphatic rings. The molecule has 0 amide bonds. The summed E-state index contributed by atoms with van der Waals surface area (Å²) in [6.07, 6.45) is 3.23. The molecule has 0 saturated carbocycles. The van der Waals surface area contributed by atoms with Crippen molar-refractivity contribution in [1.29, 1.82) is 0 Å². The van der Waals surface area contributed by atoms with Crippen molar-refractivity contribution in [3.8, 4) is 0 Å². The number of hydrogen-bond donors (Lipinski definition) is 2. The second-order valence-electron chi connectivity index (χ2n) is 2.48. The predicted molar refractivity (Wildman–Crippen MR) is 33.3 cm³/mol. The molecule has 0 aromatic carbocycles. The Hall–Kier alpha value is -0.870. The van der Waals surface area contributed by atoms with Crippen LogP contribution in [0.1, 0.15) is 5.69 Å². The highest BCUT2D eigenvalue weighted by atomic mass is 16.5. The molecule has 0 aliphatic carbocycles. The summed E-state index contributed by atoms with van der Waals surface area (Å²) in [6.45, 7) is 0.718. The van der Waals surface area contributed by atoms with Crippen LogP contribution < -0.4 is 0 Å². The van der Waals surface area contributed by atoms with E-state index in [1.54, 1.807) is 12.5 Å². The molecule has 1 aromatic heterocycles. The maximum Gasteiger partial charge on any atom is 0.154 e. The molecular weight excluding hydrogens is 132 g/mol. The fraction of sp³-hybridized carbons (Fsp3) is 0.500. The summed E-state index contributed by atoms with van der Waals surface area (Å²) >= 11 is 0. The van der Waals surface area contributed by atoms with Crippen LogP contribution in [-0.4, -0.2) is 28.3 Å². The molecule has 1 fully saturated rings. The largest absolute Gasteiger partial charge is 0.379 e. The van der Waals surface area contributed by atoms with Crippen LogP contribution >= 0.6 is 0 Å². The number of imidazole rings is 1. The van der Waals surface area contributed by atoms with Crippen molar-refractivity contribution >= 4 is 0 Å². The van der Waals surface area contributed by atoms with Crippen molar-refractivity contribution in [2.45, 2.75) is 5.60 Å². The van der Waals surface area contributed by atoms with Gasteiger partial charge in [-0.25, -0.2) is 4.98 Å². The molecule has 0 atom stereocenters. The van der Waals surface area contributed by atoms with E-state index < -0.39 is 5.60 Å². The first kappa shape index (κ1) is 5.88. The number of aromatic nitrogens is 2. The SMILES string of the molecule is OC1(c2c[nH]cn2)COC1. The third-order valence-corrected chi connectivity index (χ3v) is 1.66. The Morgan fingerprint density at radius 1 is 1.70 bits per heavy atom. The molecular formula is C6H8N2O2. The Balaban J connectivity index is 2.27. The van der Waals surface area contributed by atoms with Crippen molar-refractivity contribution in [2.24, 2.45) is 0 Å². The molecule has 0 spiro atoms. The minimum atomic E-state index is -0.819. The average Bonchev–Trinajstić information content (AvgIpc) is 2.33. The predicted octanol–water partition coefficient (Wildman–Crippen LogP) is -0.373. The van der Waals surface area contributed by atoms with E-state index in [0.717, 1.165) is 0 Å². The van der Waals surface area contributed by atoms with Crippen molar-refractivity contribution in [3.63, 3.8) is 0 Å². The fourth-order valence-corrected chi connectivity index (χ4v) is 0.958. The third-order valence-electron chi connectivity index (χ3n) is 1.66. The van der Waals surface area contributed by atoms with Crippen LogP contribution in [0.4, 0.5) is 0 Å². The topological polar surface area (TPSA) is 58.1 Å². The van der Waals surface area contributed by atoms with Crippen LogP contribution in [0, 0.1) is 0 Å². The average molecular weight is 140 g/mol. The lowest BCUT2D eigenvalue weighted by molar-refractivity contribution is -0.186. The zero-order valence-electron chi connectivity index (χ0n) is 5.37. The molecule has 4 heteroatoms. The van der Waals surface area contributed by atoms with E-state index in [1.807, 2.05) is 0 Å². The Kier molecular flexibility index (Phi) is 1.06. The van der Waals surface area contributed by atoms with Gasteiger partial charge in [0.1, 0.15) is 0 Å². The van der Waals surface area contributed by atoms with Crippen LogP contribution in [0.25, 0.3) is 0 Å². The van der Waals surface area contributed by atoms with E-state index in [-0.39, 0.29) is 0 Å². The van der Waals surface area contributed by atoms with E-state index in [0.29, 0.717) is 18.9 Å². The van der Waals surface area contributed by atoms with E-state index in [4.69, 9.17) is 4.74 Å². The van der Waals surface area contributed by atoms with Crippen molar-refractivity contribution in [3.05, 3.63) is 18.2 Å². The van der Waals surface area contributed by atoms with Gasteiger partial charge < -0.3 is 14.8 Å². The quantitative estimate of drug-likeness (QED) is 0.559. The number of nitrogens with one attached hydrogen (secondary N) is 1. The first-order valence-electron chi connectivity index (χ1n) is 3.11. The van der Waals surface area contributed by atoms with Gasteiger partial charge in [0.05, 0.1) is 25.2 Å². The monoisotopic (exact) mass is 140 g/mol. The van der Waals surface area contributed by atoms with Crippen LogP contribution in [0.15, 0.2) is 12.5 Å². The molecule has 2 heterocycles. The Morgan fingerprint density at radius 2 is 2.50 bits per heavy atom. The van der Waals surface area contributed by atoms with Crippen molar-refractivity contribution in [1.82, 2.24) is 9.97 Å². The second-order valence-corrected chi connectivity index (χ2v) is 2.48. The summed E-state index contributed by atoms with van der Waals surface area (Å²) in [5.41, 5.74) is -0.154. The number of aromatic amines is 1. The highest BCUT2D eigenvalue weighted by molar-refractivity contribution is 5.11. The smallest absolute Gasteiger partial charge is 0.154 e. The van der Waals surface area contributed by atoms with Gasteiger partial charge in [-0.3, -0.25) is 0 Å². The molecule has 0 unspecified atom stereocenters. The maximum absolute atomic E-state index is 9.56. The van der Waals surface area contributed by atoms with Crippen LogP contribution in [0.5, 0.6) is 0 Å². The summed E-state index contributed by atoms with van der Waals surface area (Å²) in [5, 5.41) is 9.56. The Morgan fingerprint density at radius 3 is 2.90 bits per heavy atom. The van der Waals surface area contributed by atoms with E-state index in [1.165, 1.54) is 0 Å². The second kappa shape index (κ2) is 1.81. The van der Waals surface area contributed by atoms with E-state index >= 15 is 0 Å². The lowest BCUT2D eigenvalue weighted by Crippen LogP contribution is -2.46. The summed E-state index contributed by atoms with van der Waals surface area (Å²) in [5.74, 6) is 0. The standard InChI is InChI=1S/C6H8N2O2/c9-6(2-10-3-6)5-1-7-4-8-5/h1,4,9H,2-3H2,(H,7,8).